The highest BCUT2D eigenvalue weighted by molar-refractivity contribution is 7.90. The molecule has 0 unspecified atom stereocenters. The zero-order valence-corrected chi connectivity index (χ0v) is 14.2. The third-order valence-electron chi connectivity index (χ3n) is 3.81. The van der Waals surface area contributed by atoms with E-state index in [0.717, 1.165) is 25.7 Å². The van der Waals surface area contributed by atoms with Crippen molar-refractivity contribution in [1.29, 1.82) is 0 Å². The Bertz CT molecular complexity index is 462. The lowest BCUT2D eigenvalue weighted by Crippen LogP contribution is -2.43. The third-order valence-corrected chi connectivity index (χ3v) is 5.10. The summed E-state index contributed by atoms with van der Waals surface area (Å²) in [6, 6.07) is -0.499. The molecular formula is C15H28N2O4S. The molecule has 0 aromatic heterocycles. The molecule has 1 amide bonds. The van der Waals surface area contributed by atoms with E-state index in [4.69, 9.17) is 0 Å². The van der Waals surface area contributed by atoms with Crippen molar-refractivity contribution in [3.63, 3.8) is 0 Å². The molecule has 1 rings (SSSR count). The second-order valence-corrected chi connectivity index (χ2v) is 7.71. The molecule has 0 radical (unpaired) electrons. The number of sulfonamides is 1. The number of rotatable bonds is 11. The van der Waals surface area contributed by atoms with Crippen molar-refractivity contribution in [1.82, 2.24) is 10.0 Å². The van der Waals surface area contributed by atoms with E-state index in [2.05, 4.69) is 17.0 Å². The van der Waals surface area contributed by atoms with E-state index in [-0.39, 0.29) is 5.78 Å². The molecule has 2 N–H and O–H groups in total. The van der Waals surface area contributed by atoms with Crippen molar-refractivity contribution in [3.8, 4) is 0 Å². The van der Waals surface area contributed by atoms with Crippen LogP contribution >= 0.6 is 0 Å². The van der Waals surface area contributed by atoms with E-state index in [0.29, 0.717) is 19.4 Å². The highest BCUT2D eigenvalue weighted by Crippen LogP contribution is 2.14. The van der Waals surface area contributed by atoms with Crippen molar-refractivity contribution in [3.05, 3.63) is 0 Å². The third kappa shape index (κ3) is 7.89. The Balaban J connectivity index is 2.17. The Morgan fingerprint density at radius 1 is 1.18 bits per heavy atom. The lowest BCUT2D eigenvalue weighted by Gasteiger charge is -2.11. The smallest absolute Gasteiger partial charge is 0.237 e. The van der Waals surface area contributed by atoms with E-state index < -0.39 is 27.7 Å². The average Bonchev–Trinajstić information content (AvgIpc) is 2.82. The summed E-state index contributed by atoms with van der Waals surface area (Å²) in [5, 5.41) is 2.50. The maximum Gasteiger partial charge on any atom is 0.237 e. The minimum Gasteiger partial charge on any atom is -0.345 e. The van der Waals surface area contributed by atoms with Crippen molar-refractivity contribution < 1.29 is 18.0 Å². The Hall–Kier alpha value is -0.950. The Morgan fingerprint density at radius 3 is 2.50 bits per heavy atom. The molecule has 1 aliphatic carbocycles. The van der Waals surface area contributed by atoms with Crippen molar-refractivity contribution in [2.75, 3.05) is 12.3 Å². The van der Waals surface area contributed by atoms with Crippen LogP contribution in [0.25, 0.3) is 0 Å². The summed E-state index contributed by atoms with van der Waals surface area (Å²) in [6.45, 7) is 2.52. The topological polar surface area (TPSA) is 92.3 Å². The lowest BCUT2D eigenvalue weighted by molar-refractivity contribution is -0.125. The van der Waals surface area contributed by atoms with Crippen LogP contribution in [0.15, 0.2) is 0 Å². The number of ketones is 1. The largest absolute Gasteiger partial charge is 0.345 e. The first-order chi connectivity index (χ1) is 10.4. The van der Waals surface area contributed by atoms with Crippen LogP contribution in [0.4, 0.5) is 0 Å². The molecule has 1 saturated carbocycles. The first kappa shape index (κ1) is 19.1. The molecule has 0 bridgehead atoms. The zero-order chi connectivity index (χ0) is 16.4. The zero-order valence-electron chi connectivity index (χ0n) is 13.4. The normalized spacial score (nSPS) is 18.6. The number of carbonyl (C=O) groups is 2. The van der Waals surface area contributed by atoms with Crippen LogP contribution in [0.2, 0.25) is 0 Å². The van der Waals surface area contributed by atoms with E-state index >= 15 is 0 Å². The molecule has 0 heterocycles. The first-order valence-electron chi connectivity index (χ1n) is 8.24. The molecule has 0 aromatic carbocycles. The molecule has 1 atom stereocenters. The van der Waals surface area contributed by atoms with Crippen LogP contribution in [0.5, 0.6) is 0 Å². The van der Waals surface area contributed by atoms with Gasteiger partial charge < -0.3 is 5.32 Å². The maximum absolute atomic E-state index is 11.8. The number of carbonyl (C=O) groups excluding carboxylic acids is 2. The number of nitrogens with one attached hydrogen (secondary N) is 2. The van der Waals surface area contributed by atoms with Crippen molar-refractivity contribution in [2.45, 2.75) is 70.8 Å². The summed E-state index contributed by atoms with van der Waals surface area (Å²) in [5.74, 6) is -1.21. The summed E-state index contributed by atoms with van der Waals surface area (Å²) in [5.41, 5.74) is 0. The van der Waals surface area contributed by atoms with E-state index in [9.17, 15) is 18.0 Å². The molecule has 128 valence electrons. The van der Waals surface area contributed by atoms with E-state index in [1.54, 1.807) is 0 Å². The summed E-state index contributed by atoms with van der Waals surface area (Å²) in [6.07, 6.45) is 8.30. The Morgan fingerprint density at radius 2 is 1.86 bits per heavy atom. The predicted molar refractivity (Wildman–Crippen MR) is 86.0 cm³/mol. The fourth-order valence-electron chi connectivity index (χ4n) is 2.56. The molecule has 22 heavy (non-hydrogen) atoms. The van der Waals surface area contributed by atoms with Gasteiger partial charge in [-0.15, -0.1) is 0 Å². The number of amides is 1. The molecule has 1 fully saturated rings. The van der Waals surface area contributed by atoms with Crippen LogP contribution in [0, 0.1) is 0 Å². The van der Waals surface area contributed by atoms with Crippen molar-refractivity contribution >= 4 is 21.7 Å². The van der Waals surface area contributed by atoms with Gasteiger partial charge >= 0.3 is 0 Å². The summed E-state index contributed by atoms with van der Waals surface area (Å²) in [7, 11) is -3.61. The van der Waals surface area contributed by atoms with Gasteiger partial charge in [-0.2, -0.15) is 0 Å². The highest BCUT2D eigenvalue weighted by Gasteiger charge is 2.27. The van der Waals surface area contributed by atoms with Gasteiger partial charge in [-0.25, -0.2) is 13.1 Å². The summed E-state index contributed by atoms with van der Waals surface area (Å²) < 4.78 is 26.0. The van der Waals surface area contributed by atoms with Gasteiger partial charge in [0.25, 0.3) is 0 Å². The molecule has 7 heteroatoms. The van der Waals surface area contributed by atoms with Gasteiger partial charge in [0, 0.05) is 13.0 Å². The SMILES string of the molecule is CCCCCCCCNS(=O)(=O)CC(=O)N[C@H]1CCCC1=O. The number of hydrogen-bond donors (Lipinski definition) is 2. The monoisotopic (exact) mass is 332 g/mol. The molecule has 0 spiro atoms. The van der Waals surface area contributed by atoms with Gasteiger partial charge in [0.05, 0.1) is 6.04 Å². The molecule has 0 aliphatic heterocycles. The molecule has 1 aliphatic rings. The number of hydrogen-bond acceptors (Lipinski definition) is 4. The molecule has 0 aromatic rings. The predicted octanol–water partition coefficient (Wildman–Crippen LogP) is 1.50. The molecular weight excluding hydrogens is 304 g/mol. The van der Waals surface area contributed by atoms with Gasteiger partial charge in [0.2, 0.25) is 15.9 Å². The first-order valence-corrected chi connectivity index (χ1v) is 9.89. The Kier molecular flexibility index (Phi) is 8.63. The second kappa shape index (κ2) is 9.94. The quantitative estimate of drug-likeness (QED) is 0.561. The maximum atomic E-state index is 11.8. The Labute approximate surface area is 133 Å². The average molecular weight is 332 g/mol. The van der Waals surface area contributed by atoms with Crippen LogP contribution in [-0.2, 0) is 19.6 Å². The van der Waals surface area contributed by atoms with E-state index in [1.807, 2.05) is 0 Å². The fourth-order valence-corrected chi connectivity index (χ4v) is 3.55. The summed E-state index contributed by atoms with van der Waals surface area (Å²) >= 11 is 0. The minimum atomic E-state index is -3.61. The van der Waals surface area contributed by atoms with Crippen LogP contribution in [0.3, 0.4) is 0 Å². The van der Waals surface area contributed by atoms with Crippen LogP contribution in [-0.4, -0.2) is 38.4 Å². The van der Waals surface area contributed by atoms with Gasteiger partial charge in [-0.3, -0.25) is 9.59 Å². The molecule has 6 nitrogen and oxygen atoms in total. The van der Waals surface area contributed by atoms with Gasteiger partial charge in [-0.1, -0.05) is 39.0 Å². The van der Waals surface area contributed by atoms with Gasteiger partial charge in [0.15, 0.2) is 5.78 Å². The lowest BCUT2D eigenvalue weighted by atomic mass is 10.1. The van der Waals surface area contributed by atoms with Crippen molar-refractivity contribution in [2.24, 2.45) is 0 Å². The van der Waals surface area contributed by atoms with Crippen LogP contribution in [0.1, 0.15) is 64.7 Å². The van der Waals surface area contributed by atoms with Crippen LogP contribution < -0.4 is 10.0 Å². The van der Waals surface area contributed by atoms with Gasteiger partial charge in [0.1, 0.15) is 5.75 Å². The number of unbranched alkanes of at least 4 members (excludes halogenated alkanes) is 5. The number of Topliss-reactive ketones (excluding diaryl/α,β-unsaturated/α-hetero) is 1. The van der Waals surface area contributed by atoms with E-state index in [1.165, 1.54) is 19.3 Å². The standard InChI is InChI=1S/C15H28N2O4S/c1-2-3-4-5-6-7-11-16-22(20,21)12-15(19)17-13-9-8-10-14(13)18/h13,16H,2-12H2,1H3,(H,17,19)/t13-/m0/s1. The summed E-state index contributed by atoms with van der Waals surface area (Å²) in [4.78, 5) is 23.1. The fraction of sp³-hybridized carbons (Fsp3) is 0.867. The molecule has 0 saturated heterocycles. The highest BCUT2D eigenvalue weighted by atomic mass is 32.2. The second-order valence-electron chi connectivity index (χ2n) is 5.90. The van der Waals surface area contributed by atoms with Gasteiger partial charge in [-0.05, 0) is 19.3 Å². The minimum absolute atomic E-state index is 0.00853.